The molecule has 0 saturated heterocycles. The summed E-state index contributed by atoms with van der Waals surface area (Å²) < 4.78 is 2.83. The maximum Gasteiger partial charge on any atom is 0.264 e. The number of fused-ring (bicyclic) bond motifs is 8. The molecule has 2 aliphatic heterocycles. The normalized spacial score (nSPS) is 19.6. The fourth-order valence-electron chi connectivity index (χ4n) is 13.3. The second kappa shape index (κ2) is 15.6. The first-order chi connectivity index (χ1) is 33.0. The first-order valence-corrected chi connectivity index (χ1v) is 28.0. The third-order valence-corrected chi connectivity index (χ3v) is 19.5. The number of thiophene rings is 1. The molecule has 4 heteroatoms. The van der Waals surface area contributed by atoms with Gasteiger partial charge in [-0.15, -0.1) is 11.3 Å². The summed E-state index contributed by atoms with van der Waals surface area (Å²) in [7, 11) is 0. The summed E-state index contributed by atoms with van der Waals surface area (Å²) in [5.74, 6) is 0. The molecule has 0 spiro atoms. The molecule has 0 fully saturated rings. The summed E-state index contributed by atoms with van der Waals surface area (Å²) in [6.07, 6.45) is 11.8. The standard InChI is InChI=1S/C67H81BN2S/c1-40-33-55-58-56(34-40)70(53-27-23-43(62(5,6)7)35-46(53)41-19-21-42(22-20-41)61(2,3)4)59-47-36-44(63(8,9)10)24-28-57(47)71-60(59)68(58)52-38-50-51(67(17,18)32-31-66(50,15)16)39-54(52)69(55)45-25-26-48-49(37-45)65(13,14)30-29-64(48,11)12/h19,21,23-28,33-39H,20,22,29-32H2,1-18H3. The Morgan fingerprint density at radius 3 is 1.66 bits per heavy atom. The van der Waals surface area contributed by atoms with Crippen molar-refractivity contribution in [3.63, 3.8) is 0 Å². The lowest BCUT2D eigenvalue weighted by Gasteiger charge is -2.47. The molecule has 0 saturated carbocycles. The van der Waals surface area contributed by atoms with Crippen LogP contribution in [0, 0.1) is 12.3 Å². The van der Waals surface area contributed by atoms with Gasteiger partial charge in [-0.25, -0.2) is 0 Å². The van der Waals surface area contributed by atoms with Crippen LogP contribution in [0.1, 0.15) is 201 Å². The monoisotopic (exact) mass is 957 g/mol. The van der Waals surface area contributed by atoms with Crippen molar-refractivity contribution in [2.45, 2.75) is 196 Å². The molecule has 11 rings (SSSR count). The van der Waals surface area contributed by atoms with Gasteiger partial charge < -0.3 is 9.80 Å². The maximum absolute atomic E-state index is 2.77. The SMILES string of the molecule is Cc1cc2c3c(c1)N(c1ccc(C(C)(C)C)cc1C1=CC=C(C(C)(C)C)CC1)c1c(sc4ccc(C(C)(C)C)cc14)B3c1cc3c(cc1N2c1ccc2c(c1)C(C)(C)CCC2(C)C)C(C)(C)CCC3(C)C. The predicted molar refractivity (Wildman–Crippen MR) is 313 cm³/mol. The van der Waals surface area contributed by atoms with E-state index in [1.54, 1.807) is 0 Å². The van der Waals surface area contributed by atoms with Gasteiger partial charge >= 0.3 is 0 Å². The molecule has 3 heterocycles. The maximum atomic E-state index is 2.77. The Balaban J connectivity index is 1.27. The van der Waals surface area contributed by atoms with E-state index in [4.69, 9.17) is 0 Å². The van der Waals surface area contributed by atoms with Gasteiger partial charge in [-0.3, -0.25) is 0 Å². The number of hydrogen-bond donors (Lipinski definition) is 0. The van der Waals surface area contributed by atoms with Crippen molar-refractivity contribution in [1.82, 2.24) is 0 Å². The van der Waals surface area contributed by atoms with E-state index in [2.05, 4.69) is 225 Å². The second-order valence-electron chi connectivity index (χ2n) is 28.4. The zero-order valence-electron chi connectivity index (χ0n) is 46.8. The van der Waals surface area contributed by atoms with E-state index in [0.29, 0.717) is 0 Å². The quantitative estimate of drug-likeness (QED) is 0.163. The molecule has 2 nitrogen and oxygen atoms in total. The first-order valence-electron chi connectivity index (χ1n) is 27.2. The minimum atomic E-state index is -0.00337. The molecule has 0 unspecified atom stereocenters. The lowest BCUT2D eigenvalue weighted by Crippen LogP contribution is -2.61. The lowest BCUT2D eigenvalue weighted by molar-refractivity contribution is 0.332. The van der Waals surface area contributed by atoms with Crippen LogP contribution in [0.3, 0.4) is 0 Å². The van der Waals surface area contributed by atoms with Gasteiger partial charge in [0.25, 0.3) is 6.71 Å². The first kappa shape index (κ1) is 48.5. The number of anilines is 6. The van der Waals surface area contributed by atoms with Gasteiger partial charge in [0.15, 0.2) is 0 Å². The molecule has 5 aliphatic rings. The van der Waals surface area contributed by atoms with Crippen molar-refractivity contribution < 1.29 is 0 Å². The van der Waals surface area contributed by atoms with Crippen molar-refractivity contribution >= 4 is 83.5 Å². The average Bonchev–Trinajstić information content (AvgIpc) is 3.66. The number of allylic oxidation sites excluding steroid dienone is 4. The van der Waals surface area contributed by atoms with E-state index in [9.17, 15) is 0 Å². The van der Waals surface area contributed by atoms with Crippen LogP contribution < -0.4 is 25.5 Å². The highest BCUT2D eigenvalue weighted by Crippen LogP contribution is 2.55. The summed E-state index contributed by atoms with van der Waals surface area (Å²) in [4.78, 5) is 5.50. The largest absolute Gasteiger partial charge is 0.311 e. The second-order valence-corrected chi connectivity index (χ2v) is 29.5. The molecule has 0 radical (unpaired) electrons. The van der Waals surface area contributed by atoms with Gasteiger partial charge in [0.2, 0.25) is 0 Å². The van der Waals surface area contributed by atoms with Crippen LogP contribution >= 0.6 is 11.3 Å². The van der Waals surface area contributed by atoms with E-state index < -0.39 is 0 Å². The summed E-state index contributed by atoms with van der Waals surface area (Å²) in [6, 6.07) is 33.0. The molecular weight excluding hydrogens is 876 g/mol. The van der Waals surface area contributed by atoms with Crippen LogP contribution in [0.15, 0.2) is 96.6 Å². The van der Waals surface area contributed by atoms with Crippen LogP contribution in [0.5, 0.6) is 0 Å². The van der Waals surface area contributed by atoms with Crippen molar-refractivity contribution in [2.24, 2.45) is 5.41 Å². The van der Waals surface area contributed by atoms with Crippen molar-refractivity contribution in [2.75, 3.05) is 9.80 Å². The highest BCUT2D eigenvalue weighted by molar-refractivity contribution is 7.33. The average molecular weight is 957 g/mol. The molecule has 6 aromatic rings. The Bertz CT molecular complexity index is 3290. The predicted octanol–water partition coefficient (Wildman–Crippen LogP) is 17.7. The van der Waals surface area contributed by atoms with Crippen LogP contribution in [0.2, 0.25) is 0 Å². The third-order valence-electron chi connectivity index (χ3n) is 18.3. The number of nitrogens with zero attached hydrogens (tertiary/aromatic N) is 2. The molecule has 1 aromatic heterocycles. The van der Waals surface area contributed by atoms with Crippen LogP contribution in [-0.2, 0) is 32.5 Å². The van der Waals surface area contributed by atoms with Gasteiger partial charge in [0, 0.05) is 43.2 Å². The minimum Gasteiger partial charge on any atom is -0.311 e. The molecule has 71 heavy (non-hydrogen) atoms. The zero-order chi connectivity index (χ0) is 50.9. The minimum absolute atomic E-state index is 0.00173. The van der Waals surface area contributed by atoms with Gasteiger partial charge in [-0.1, -0.05) is 160 Å². The van der Waals surface area contributed by atoms with E-state index in [1.807, 2.05) is 11.3 Å². The Labute approximate surface area is 433 Å². The van der Waals surface area contributed by atoms with Crippen molar-refractivity contribution in [1.29, 1.82) is 0 Å². The van der Waals surface area contributed by atoms with E-state index in [-0.39, 0.29) is 44.6 Å². The van der Waals surface area contributed by atoms with E-state index >= 15 is 0 Å². The summed E-state index contributed by atoms with van der Waals surface area (Å²) in [6.45, 7) is 43.6. The Hall–Kier alpha value is -4.80. The van der Waals surface area contributed by atoms with Crippen LogP contribution in [-0.4, -0.2) is 6.71 Å². The van der Waals surface area contributed by atoms with Gasteiger partial charge in [0.1, 0.15) is 0 Å². The van der Waals surface area contributed by atoms with E-state index in [1.165, 1.54) is 141 Å². The number of benzene rings is 5. The summed E-state index contributed by atoms with van der Waals surface area (Å²) >= 11 is 2.04. The highest BCUT2D eigenvalue weighted by Gasteiger charge is 2.49. The number of aryl methyl sites for hydroxylation is 1. The third kappa shape index (κ3) is 7.68. The van der Waals surface area contributed by atoms with Gasteiger partial charge in [-0.2, -0.15) is 0 Å². The van der Waals surface area contributed by atoms with Crippen molar-refractivity contribution in [3.8, 4) is 0 Å². The van der Waals surface area contributed by atoms with Gasteiger partial charge in [0.05, 0.1) is 11.4 Å². The zero-order valence-corrected chi connectivity index (χ0v) is 47.6. The molecular formula is C67H81BN2S. The fourth-order valence-corrected chi connectivity index (χ4v) is 14.6. The van der Waals surface area contributed by atoms with Crippen molar-refractivity contribution in [3.05, 3.63) is 141 Å². The molecule has 0 amide bonds. The van der Waals surface area contributed by atoms with E-state index in [0.717, 1.165) is 12.8 Å². The van der Waals surface area contributed by atoms with Crippen LogP contribution in [0.4, 0.5) is 34.1 Å². The Morgan fingerprint density at radius 1 is 0.507 bits per heavy atom. The smallest absolute Gasteiger partial charge is 0.264 e. The number of rotatable bonds is 3. The molecule has 5 aromatic carbocycles. The topological polar surface area (TPSA) is 6.48 Å². The summed E-state index contributed by atoms with van der Waals surface area (Å²) in [5.41, 5.74) is 25.7. The number of hydrogen-bond acceptors (Lipinski definition) is 3. The fraction of sp³-hybridized carbons (Fsp3) is 0.463. The van der Waals surface area contributed by atoms with Gasteiger partial charge in [-0.05, 0) is 193 Å². The highest BCUT2D eigenvalue weighted by atomic mass is 32.1. The molecule has 0 bridgehead atoms. The lowest BCUT2D eigenvalue weighted by atomic mass is 9.35. The molecule has 0 atom stereocenters. The molecule has 3 aliphatic carbocycles. The molecule has 0 N–H and O–H groups in total. The molecule has 368 valence electrons. The Morgan fingerprint density at radius 2 is 1.07 bits per heavy atom. The van der Waals surface area contributed by atoms with Crippen LogP contribution in [0.25, 0.3) is 15.7 Å². The Kier molecular flexibility index (Phi) is 10.7. The summed E-state index contributed by atoms with van der Waals surface area (Å²) in [5, 5.41) is 1.37.